The number of nitrogens with one attached hydrogen (secondary N) is 1. The van der Waals surface area contributed by atoms with Crippen molar-refractivity contribution >= 4 is 11.8 Å². The first-order valence-electron chi connectivity index (χ1n) is 10.3. The lowest BCUT2D eigenvalue weighted by atomic mass is 9.66. The monoisotopic (exact) mass is 413 g/mol. The minimum absolute atomic E-state index is 0.119. The molecule has 0 bridgehead atoms. The standard InChI is InChI=1S/C24H31NO5/c1-7-30-23(27)20-14(2)25-17-11-24(3,4)12-18(26)22(17)21(20)15-8-9-19(29-6)16(10-15)13-28-5/h8-11,21-22,25H,7,12-13H2,1-6H3. The Morgan fingerprint density at radius 2 is 1.97 bits per heavy atom. The van der Waals surface area contributed by atoms with Gasteiger partial charge in [0.05, 0.1) is 31.8 Å². The molecule has 1 heterocycles. The van der Waals surface area contributed by atoms with E-state index in [1.807, 2.05) is 25.1 Å². The van der Waals surface area contributed by atoms with Gasteiger partial charge in [-0.15, -0.1) is 0 Å². The van der Waals surface area contributed by atoms with Crippen LogP contribution in [0.5, 0.6) is 5.75 Å². The van der Waals surface area contributed by atoms with Gasteiger partial charge in [-0.05, 0) is 37.0 Å². The van der Waals surface area contributed by atoms with E-state index in [1.165, 1.54) is 0 Å². The number of allylic oxidation sites excluding steroid dienone is 3. The zero-order valence-corrected chi connectivity index (χ0v) is 18.6. The van der Waals surface area contributed by atoms with E-state index in [2.05, 4.69) is 25.2 Å². The average Bonchev–Trinajstić information content (AvgIpc) is 2.66. The van der Waals surface area contributed by atoms with E-state index in [0.29, 0.717) is 24.4 Å². The van der Waals surface area contributed by atoms with Crippen molar-refractivity contribution in [3.8, 4) is 5.75 Å². The number of ether oxygens (including phenoxy) is 3. The Kier molecular flexibility index (Phi) is 6.36. The molecule has 2 aliphatic rings. The molecule has 6 heteroatoms. The number of carbonyl (C=O) groups is 2. The highest BCUT2D eigenvalue weighted by Crippen LogP contribution is 2.47. The molecule has 0 radical (unpaired) electrons. The molecule has 2 unspecified atom stereocenters. The Morgan fingerprint density at radius 1 is 1.23 bits per heavy atom. The summed E-state index contributed by atoms with van der Waals surface area (Å²) in [6, 6.07) is 5.76. The highest BCUT2D eigenvalue weighted by atomic mass is 16.5. The van der Waals surface area contributed by atoms with Crippen LogP contribution in [0.1, 0.15) is 51.2 Å². The van der Waals surface area contributed by atoms with E-state index in [9.17, 15) is 9.59 Å². The summed E-state index contributed by atoms with van der Waals surface area (Å²) in [5.41, 5.74) is 3.58. The predicted molar refractivity (Wildman–Crippen MR) is 114 cm³/mol. The number of methoxy groups -OCH3 is 2. The second-order valence-corrected chi connectivity index (χ2v) is 8.58. The largest absolute Gasteiger partial charge is 0.496 e. The van der Waals surface area contributed by atoms with Gasteiger partial charge in [-0.1, -0.05) is 26.0 Å². The number of esters is 1. The minimum Gasteiger partial charge on any atom is -0.496 e. The maximum Gasteiger partial charge on any atom is 0.336 e. The molecule has 0 saturated heterocycles. The highest BCUT2D eigenvalue weighted by molar-refractivity contribution is 5.96. The summed E-state index contributed by atoms with van der Waals surface area (Å²) in [7, 11) is 3.23. The first-order valence-corrected chi connectivity index (χ1v) is 10.3. The van der Waals surface area contributed by atoms with Crippen LogP contribution in [0, 0.1) is 11.3 Å². The Bertz CT molecular complexity index is 912. The maximum absolute atomic E-state index is 13.3. The molecule has 1 aliphatic heterocycles. The molecule has 2 atom stereocenters. The van der Waals surface area contributed by atoms with Crippen LogP contribution in [0.15, 0.2) is 41.2 Å². The van der Waals surface area contributed by atoms with Crippen molar-refractivity contribution in [2.24, 2.45) is 11.3 Å². The third-order valence-corrected chi connectivity index (χ3v) is 5.70. The van der Waals surface area contributed by atoms with Gasteiger partial charge in [0.15, 0.2) is 0 Å². The van der Waals surface area contributed by atoms with Crippen LogP contribution in [0.2, 0.25) is 0 Å². The second-order valence-electron chi connectivity index (χ2n) is 8.58. The molecule has 0 saturated carbocycles. The van der Waals surface area contributed by atoms with Crippen molar-refractivity contribution in [3.63, 3.8) is 0 Å². The van der Waals surface area contributed by atoms with Gasteiger partial charge in [-0.25, -0.2) is 4.79 Å². The SMILES string of the molecule is CCOC(=O)C1=C(C)NC2=CC(C)(C)CC(=O)C2C1c1ccc(OC)c(COC)c1. The lowest BCUT2D eigenvalue weighted by Crippen LogP contribution is -2.43. The van der Waals surface area contributed by atoms with Gasteiger partial charge < -0.3 is 19.5 Å². The highest BCUT2D eigenvalue weighted by Gasteiger charge is 2.46. The Balaban J connectivity index is 2.20. The molecule has 30 heavy (non-hydrogen) atoms. The molecule has 0 fully saturated rings. The molecule has 1 aliphatic carbocycles. The summed E-state index contributed by atoms with van der Waals surface area (Å²) < 4.78 is 16.1. The maximum atomic E-state index is 13.3. The number of hydrogen-bond acceptors (Lipinski definition) is 6. The first kappa shape index (κ1) is 22.1. The molecule has 0 amide bonds. The molecule has 1 N–H and O–H groups in total. The molecule has 0 spiro atoms. The fourth-order valence-corrected chi connectivity index (χ4v) is 4.57. The van der Waals surface area contributed by atoms with Gasteiger partial charge in [0.25, 0.3) is 0 Å². The fraction of sp³-hybridized carbons (Fsp3) is 0.500. The number of fused-ring (bicyclic) bond motifs is 1. The lowest BCUT2D eigenvalue weighted by Gasteiger charge is -2.41. The smallest absolute Gasteiger partial charge is 0.336 e. The predicted octanol–water partition coefficient (Wildman–Crippen LogP) is 3.86. The van der Waals surface area contributed by atoms with E-state index in [4.69, 9.17) is 14.2 Å². The van der Waals surface area contributed by atoms with Crippen molar-refractivity contribution < 1.29 is 23.8 Å². The lowest BCUT2D eigenvalue weighted by molar-refractivity contribution is -0.139. The van der Waals surface area contributed by atoms with Crippen LogP contribution in [0.3, 0.4) is 0 Å². The number of benzene rings is 1. The zero-order chi connectivity index (χ0) is 22.1. The van der Waals surface area contributed by atoms with Gasteiger partial charge in [-0.3, -0.25) is 4.79 Å². The van der Waals surface area contributed by atoms with Gasteiger partial charge in [0.1, 0.15) is 11.5 Å². The summed E-state index contributed by atoms with van der Waals surface area (Å²) in [4.78, 5) is 26.2. The van der Waals surface area contributed by atoms with Gasteiger partial charge in [-0.2, -0.15) is 0 Å². The number of Topliss-reactive ketones (excluding diaryl/α,β-unsaturated/α-hetero) is 1. The van der Waals surface area contributed by atoms with Crippen molar-refractivity contribution in [1.29, 1.82) is 0 Å². The molecule has 6 nitrogen and oxygen atoms in total. The van der Waals surface area contributed by atoms with Crippen molar-refractivity contribution in [2.75, 3.05) is 20.8 Å². The molecular formula is C24H31NO5. The van der Waals surface area contributed by atoms with Crippen molar-refractivity contribution in [3.05, 3.63) is 52.4 Å². The van der Waals surface area contributed by atoms with Gasteiger partial charge >= 0.3 is 5.97 Å². The molecule has 1 aromatic carbocycles. The van der Waals surface area contributed by atoms with Crippen LogP contribution in [-0.4, -0.2) is 32.6 Å². The topological polar surface area (TPSA) is 73.9 Å². The van der Waals surface area contributed by atoms with E-state index < -0.39 is 17.8 Å². The fourth-order valence-electron chi connectivity index (χ4n) is 4.57. The zero-order valence-electron chi connectivity index (χ0n) is 18.6. The Hall–Kier alpha value is -2.60. The average molecular weight is 414 g/mol. The van der Waals surface area contributed by atoms with Crippen molar-refractivity contribution in [1.82, 2.24) is 5.32 Å². The quantitative estimate of drug-likeness (QED) is 0.714. The third-order valence-electron chi connectivity index (χ3n) is 5.70. The second kappa shape index (κ2) is 8.64. The number of ketones is 1. The van der Waals surface area contributed by atoms with E-state index >= 15 is 0 Å². The summed E-state index contributed by atoms with van der Waals surface area (Å²) in [6.45, 7) is 8.39. The van der Waals surface area contributed by atoms with Crippen molar-refractivity contribution in [2.45, 2.75) is 46.6 Å². The summed E-state index contributed by atoms with van der Waals surface area (Å²) >= 11 is 0. The normalized spacial score (nSPS) is 22.7. The van der Waals surface area contributed by atoms with Crippen LogP contribution in [0.4, 0.5) is 0 Å². The Morgan fingerprint density at radius 3 is 2.60 bits per heavy atom. The van der Waals surface area contributed by atoms with Gasteiger partial charge in [0.2, 0.25) is 0 Å². The Labute approximate surface area is 178 Å². The molecule has 3 rings (SSSR count). The van der Waals surface area contributed by atoms with Crippen LogP contribution < -0.4 is 10.1 Å². The number of hydrogen-bond donors (Lipinski definition) is 1. The number of carbonyl (C=O) groups excluding carboxylic acids is 2. The summed E-state index contributed by atoms with van der Waals surface area (Å²) in [6.07, 6.45) is 2.55. The number of rotatable bonds is 6. The first-order chi connectivity index (χ1) is 14.2. The molecule has 0 aromatic heterocycles. The minimum atomic E-state index is -0.454. The third kappa shape index (κ3) is 4.15. The molecule has 162 valence electrons. The van der Waals surface area contributed by atoms with E-state index in [0.717, 1.165) is 22.5 Å². The van der Waals surface area contributed by atoms with E-state index in [1.54, 1.807) is 21.1 Å². The molecular weight excluding hydrogens is 382 g/mol. The molecule has 1 aromatic rings. The van der Waals surface area contributed by atoms with Crippen LogP contribution >= 0.6 is 0 Å². The summed E-state index contributed by atoms with van der Waals surface area (Å²) in [5, 5.41) is 3.33. The summed E-state index contributed by atoms with van der Waals surface area (Å²) in [5.74, 6) is -0.451. The van der Waals surface area contributed by atoms with Crippen LogP contribution in [-0.2, 0) is 25.7 Å². The van der Waals surface area contributed by atoms with E-state index in [-0.39, 0.29) is 17.8 Å². The van der Waals surface area contributed by atoms with Gasteiger partial charge in [0, 0.05) is 36.4 Å². The van der Waals surface area contributed by atoms with Crippen LogP contribution in [0.25, 0.3) is 0 Å².